The first-order chi connectivity index (χ1) is 16.8. The zero-order valence-corrected chi connectivity index (χ0v) is 18.4. The Morgan fingerprint density at radius 1 is 0.778 bits per heavy atom. The lowest BCUT2D eigenvalue weighted by molar-refractivity contribution is -0.138. The van der Waals surface area contributed by atoms with Crippen molar-refractivity contribution in [1.82, 2.24) is 0 Å². The largest absolute Gasteiger partial charge is 0.459 e. The number of hydrogen-bond acceptors (Lipinski definition) is 6. The molecule has 3 rings (SSSR count). The number of hydrogen-bond donors (Lipinski definition) is 0. The number of ether oxygens (including phenoxy) is 4. The smallest absolute Gasteiger partial charge is 0.416 e. The lowest BCUT2D eigenvalue weighted by Crippen LogP contribution is -2.37. The SMILES string of the molecule is COCC1O[C@H](COC(=O)c2ccc(C(F)(F)F)cc2)[C@@H](OC(=O)c2ccc(C(F)(F)F)cc2)[C@@H]1F. The van der Waals surface area contributed by atoms with E-state index >= 15 is 0 Å². The predicted octanol–water partition coefficient (Wildman–Crippen LogP) is 4.86. The molecule has 36 heavy (non-hydrogen) atoms. The van der Waals surface area contributed by atoms with Crippen LogP contribution in [-0.4, -0.2) is 56.7 Å². The van der Waals surface area contributed by atoms with Crippen LogP contribution < -0.4 is 0 Å². The molecule has 1 heterocycles. The molecule has 1 aliphatic rings. The van der Waals surface area contributed by atoms with Gasteiger partial charge in [0, 0.05) is 7.11 Å². The van der Waals surface area contributed by atoms with E-state index in [1.54, 1.807) is 0 Å². The third kappa shape index (κ3) is 6.52. The number of benzene rings is 2. The van der Waals surface area contributed by atoms with E-state index in [4.69, 9.17) is 18.9 Å². The van der Waals surface area contributed by atoms with Crippen LogP contribution in [0.25, 0.3) is 0 Å². The average Bonchev–Trinajstić information content (AvgIpc) is 3.11. The van der Waals surface area contributed by atoms with E-state index in [2.05, 4.69) is 0 Å². The monoisotopic (exact) mass is 524 g/mol. The molecule has 196 valence electrons. The fourth-order valence-electron chi connectivity index (χ4n) is 3.39. The Morgan fingerprint density at radius 2 is 1.25 bits per heavy atom. The van der Waals surface area contributed by atoms with Gasteiger partial charge in [0.1, 0.15) is 18.8 Å². The van der Waals surface area contributed by atoms with Crippen molar-refractivity contribution < 1.29 is 59.3 Å². The predicted molar refractivity (Wildman–Crippen MR) is 108 cm³/mol. The number of rotatable bonds is 7. The van der Waals surface area contributed by atoms with Crippen LogP contribution in [0.15, 0.2) is 48.5 Å². The van der Waals surface area contributed by atoms with Crippen molar-refractivity contribution in [1.29, 1.82) is 0 Å². The number of carbonyl (C=O) groups excluding carboxylic acids is 2. The number of carbonyl (C=O) groups is 2. The summed E-state index contributed by atoms with van der Waals surface area (Å²) < 4.78 is 112. The minimum absolute atomic E-state index is 0.218. The molecule has 2 aromatic carbocycles. The minimum Gasteiger partial charge on any atom is -0.459 e. The van der Waals surface area contributed by atoms with Gasteiger partial charge in [0.15, 0.2) is 12.3 Å². The Kier molecular flexibility index (Phi) is 8.24. The summed E-state index contributed by atoms with van der Waals surface area (Å²) in [6.07, 6.45) is -15.3. The van der Waals surface area contributed by atoms with Crippen LogP contribution in [0, 0.1) is 0 Å². The van der Waals surface area contributed by atoms with Gasteiger partial charge in [-0.1, -0.05) is 0 Å². The van der Waals surface area contributed by atoms with Crippen LogP contribution >= 0.6 is 0 Å². The normalized spacial score (nSPS) is 22.3. The lowest BCUT2D eigenvalue weighted by Gasteiger charge is -2.20. The molecule has 0 aliphatic carbocycles. The molecule has 0 saturated carbocycles. The van der Waals surface area contributed by atoms with E-state index in [-0.39, 0.29) is 17.7 Å². The molecular formula is C23H19F7O6. The summed E-state index contributed by atoms with van der Waals surface area (Å²) in [5, 5.41) is 0. The molecule has 0 N–H and O–H groups in total. The summed E-state index contributed by atoms with van der Waals surface area (Å²) in [6.45, 7) is -0.885. The summed E-state index contributed by atoms with van der Waals surface area (Å²) in [5.74, 6) is -2.18. The Hall–Kier alpha value is -3.19. The quantitative estimate of drug-likeness (QED) is 0.381. The van der Waals surface area contributed by atoms with Crippen molar-refractivity contribution >= 4 is 11.9 Å². The summed E-state index contributed by atoms with van der Waals surface area (Å²) in [4.78, 5) is 24.7. The first-order valence-electron chi connectivity index (χ1n) is 10.3. The molecule has 13 heteroatoms. The fourth-order valence-corrected chi connectivity index (χ4v) is 3.39. The van der Waals surface area contributed by atoms with E-state index in [1.807, 2.05) is 0 Å². The third-order valence-electron chi connectivity index (χ3n) is 5.23. The highest BCUT2D eigenvalue weighted by atomic mass is 19.4. The van der Waals surface area contributed by atoms with Crippen molar-refractivity contribution in [3.05, 3.63) is 70.8 Å². The van der Waals surface area contributed by atoms with Crippen molar-refractivity contribution in [2.24, 2.45) is 0 Å². The van der Waals surface area contributed by atoms with Gasteiger partial charge in [-0.15, -0.1) is 0 Å². The summed E-state index contributed by atoms with van der Waals surface area (Å²) >= 11 is 0. The average molecular weight is 524 g/mol. The van der Waals surface area contributed by atoms with E-state index in [0.29, 0.717) is 24.3 Å². The number of halogens is 7. The second kappa shape index (κ2) is 10.8. The zero-order chi connectivity index (χ0) is 26.7. The highest BCUT2D eigenvalue weighted by Gasteiger charge is 2.48. The molecule has 6 nitrogen and oxygen atoms in total. The molecule has 0 spiro atoms. The van der Waals surface area contributed by atoms with Gasteiger partial charge in [-0.05, 0) is 48.5 Å². The molecule has 1 fully saturated rings. The molecule has 1 unspecified atom stereocenters. The molecule has 0 radical (unpaired) electrons. The molecule has 0 bridgehead atoms. The van der Waals surface area contributed by atoms with Gasteiger partial charge in [-0.2, -0.15) is 26.3 Å². The van der Waals surface area contributed by atoms with Gasteiger partial charge in [0.25, 0.3) is 0 Å². The fraction of sp³-hybridized carbons (Fsp3) is 0.391. The van der Waals surface area contributed by atoms with Crippen LogP contribution in [-0.2, 0) is 31.3 Å². The van der Waals surface area contributed by atoms with Crippen LogP contribution in [0.3, 0.4) is 0 Å². The molecule has 1 aliphatic heterocycles. The van der Waals surface area contributed by atoms with Crippen molar-refractivity contribution in [2.45, 2.75) is 36.8 Å². The molecule has 1 saturated heterocycles. The maximum absolute atomic E-state index is 14.9. The maximum Gasteiger partial charge on any atom is 0.416 e. The van der Waals surface area contributed by atoms with Crippen LogP contribution in [0.2, 0.25) is 0 Å². The standard InChI is InChI=1S/C23H19F7O6/c1-33-10-16-18(24)19(36-21(32)13-4-8-15(9-5-13)23(28,29)30)17(35-16)11-34-20(31)12-2-6-14(7-3-12)22(25,26)27/h2-9,16-19H,10-11H2,1H3/t16?,17-,18-,19-/m1/s1. The molecule has 0 aromatic heterocycles. The molecule has 2 aromatic rings. The number of esters is 2. The van der Waals surface area contributed by atoms with Gasteiger partial charge >= 0.3 is 24.3 Å². The molecule has 0 amide bonds. The van der Waals surface area contributed by atoms with E-state index in [0.717, 1.165) is 24.3 Å². The molecule has 4 atom stereocenters. The van der Waals surface area contributed by atoms with Crippen molar-refractivity contribution in [3.8, 4) is 0 Å². The zero-order valence-electron chi connectivity index (χ0n) is 18.4. The summed E-state index contributed by atoms with van der Waals surface area (Å²) in [6, 6.07) is 6.20. The van der Waals surface area contributed by atoms with Crippen LogP contribution in [0.1, 0.15) is 31.8 Å². The van der Waals surface area contributed by atoms with Gasteiger partial charge in [-0.25, -0.2) is 14.0 Å². The Balaban J connectivity index is 1.68. The minimum atomic E-state index is -4.62. The van der Waals surface area contributed by atoms with Gasteiger partial charge in [0.05, 0.1) is 28.9 Å². The van der Waals surface area contributed by atoms with Crippen molar-refractivity contribution in [2.75, 3.05) is 20.3 Å². The summed E-state index contributed by atoms with van der Waals surface area (Å²) in [5.41, 5.74) is -2.48. The maximum atomic E-state index is 14.9. The summed E-state index contributed by atoms with van der Waals surface area (Å²) in [7, 11) is 1.26. The van der Waals surface area contributed by atoms with E-state index in [9.17, 15) is 40.3 Å². The number of alkyl halides is 7. The Bertz CT molecular complexity index is 1050. The Labute approximate surface area is 199 Å². The third-order valence-corrected chi connectivity index (χ3v) is 5.23. The Morgan fingerprint density at radius 3 is 1.69 bits per heavy atom. The highest BCUT2D eigenvalue weighted by Crippen LogP contribution is 2.32. The second-order valence-electron chi connectivity index (χ2n) is 7.73. The van der Waals surface area contributed by atoms with E-state index in [1.165, 1.54) is 7.11 Å². The van der Waals surface area contributed by atoms with Crippen LogP contribution in [0.4, 0.5) is 30.7 Å². The van der Waals surface area contributed by atoms with Gasteiger partial charge in [-0.3, -0.25) is 0 Å². The first kappa shape index (κ1) is 27.4. The highest BCUT2D eigenvalue weighted by molar-refractivity contribution is 5.90. The number of methoxy groups -OCH3 is 1. The van der Waals surface area contributed by atoms with Gasteiger partial charge in [0.2, 0.25) is 0 Å². The van der Waals surface area contributed by atoms with E-state index < -0.39 is 66.5 Å². The van der Waals surface area contributed by atoms with Gasteiger partial charge < -0.3 is 18.9 Å². The first-order valence-corrected chi connectivity index (χ1v) is 10.3. The lowest BCUT2D eigenvalue weighted by atomic mass is 10.1. The second-order valence-corrected chi connectivity index (χ2v) is 7.73. The molecular weight excluding hydrogens is 505 g/mol. The topological polar surface area (TPSA) is 71.1 Å². The van der Waals surface area contributed by atoms with Crippen molar-refractivity contribution in [3.63, 3.8) is 0 Å². The van der Waals surface area contributed by atoms with Crippen LogP contribution in [0.5, 0.6) is 0 Å².